The van der Waals surface area contributed by atoms with Crippen LogP contribution in [-0.4, -0.2) is 60.6 Å². The first-order valence-electron chi connectivity index (χ1n) is 9.76. The molecule has 1 aliphatic rings. The zero-order valence-corrected chi connectivity index (χ0v) is 17.5. The van der Waals surface area contributed by atoms with Gasteiger partial charge < -0.3 is 14.5 Å². The zero-order chi connectivity index (χ0) is 20.2. The molecule has 2 atom stereocenters. The molecule has 0 aliphatic carbocycles. The molecule has 2 aromatic carbocycles. The maximum absolute atomic E-state index is 13.5. The van der Waals surface area contributed by atoms with Crippen molar-refractivity contribution in [1.82, 2.24) is 14.8 Å². The van der Waals surface area contributed by atoms with Crippen LogP contribution in [0.25, 0.3) is 10.6 Å². The Balaban J connectivity index is 1.64. The molecule has 1 saturated heterocycles. The van der Waals surface area contributed by atoms with Crippen LogP contribution in [-0.2, 0) is 4.74 Å². The van der Waals surface area contributed by atoms with Gasteiger partial charge in [-0.25, -0.2) is 4.98 Å². The minimum Gasteiger partial charge on any atom is -0.373 e. The maximum atomic E-state index is 13.5. The summed E-state index contributed by atoms with van der Waals surface area (Å²) >= 11 is 1.51. The van der Waals surface area contributed by atoms with Crippen molar-refractivity contribution in [3.8, 4) is 10.6 Å². The molecule has 4 rings (SSSR count). The average Bonchev–Trinajstić information content (AvgIpc) is 3.24. The number of thiazole rings is 1. The van der Waals surface area contributed by atoms with E-state index in [0.29, 0.717) is 18.8 Å². The number of carbonyl (C=O) groups excluding carboxylic acids is 1. The molecule has 0 spiro atoms. The number of hydrogen-bond acceptors (Lipinski definition) is 5. The number of rotatable bonds is 5. The summed E-state index contributed by atoms with van der Waals surface area (Å²) in [7, 11) is 4.05. The van der Waals surface area contributed by atoms with Gasteiger partial charge in [0.2, 0.25) is 0 Å². The summed E-state index contributed by atoms with van der Waals surface area (Å²) in [6, 6.07) is 20.0. The first-order chi connectivity index (χ1) is 14.1. The molecule has 6 heteroatoms. The van der Waals surface area contributed by atoms with Gasteiger partial charge in [-0.3, -0.25) is 4.79 Å². The van der Waals surface area contributed by atoms with Crippen LogP contribution >= 0.6 is 11.3 Å². The monoisotopic (exact) mass is 407 g/mol. The van der Waals surface area contributed by atoms with E-state index in [-0.39, 0.29) is 18.1 Å². The van der Waals surface area contributed by atoms with E-state index in [9.17, 15) is 4.79 Å². The highest BCUT2D eigenvalue weighted by molar-refractivity contribution is 7.13. The van der Waals surface area contributed by atoms with E-state index in [1.165, 1.54) is 11.3 Å². The molecule has 2 heterocycles. The van der Waals surface area contributed by atoms with Gasteiger partial charge in [0.1, 0.15) is 10.7 Å². The SMILES string of the molecule is CN(C)C[C@@H]1OCCN(C(=O)c2csc(-c3ccccc3)n2)[C@H]1c1ccccc1. The first kappa shape index (κ1) is 19.8. The van der Waals surface area contributed by atoms with Crippen molar-refractivity contribution >= 4 is 17.2 Å². The van der Waals surface area contributed by atoms with Gasteiger partial charge in [-0.15, -0.1) is 11.3 Å². The number of nitrogens with zero attached hydrogens (tertiary/aromatic N) is 3. The predicted octanol–water partition coefficient (Wildman–Crippen LogP) is 3.95. The van der Waals surface area contributed by atoms with Crippen LogP contribution < -0.4 is 0 Å². The van der Waals surface area contributed by atoms with Gasteiger partial charge in [0.25, 0.3) is 5.91 Å². The Labute approximate surface area is 175 Å². The number of benzene rings is 2. The third kappa shape index (κ3) is 4.40. The van der Waals surface area contributed by atoms with Crippen LogP contribution in [0.3, 0.4) is 0 Å². The number of likely N-dealkylation sites (N-methyl/N-ethyl adjacent to an activating group) is 1. The second kappa shape index (κ2) is 8.86. The van der Waals surface area contributed by atoms with Crippen LogP contribution in [0.2, 0.25) is 0 Å². The lowest BCUT2D eigenvalue weighted by molar-refractivity contribution is -0.0685. The molecule has 1 amide bonds. The molecule has 3 aromatic rings. The van der Waals surface area contributed by atoms with Gasteiger partial charge in [-0.05, 0) is 19.7 Å². The van der Waals surface area contributed by atoms with Crippen molar-refractivity contribution in [2.75, 3.05) is 33.8 Å². The lowest BCUT2D eigenvalue weighted by Gasteiger charge is -2.42. The Morgan fingerprint density at radius 2 is 1.83 bits per heavy atom. The fourth-order valence-corrected chi connectivity index (χ4v) is 4.55. The Bertz CT molecular complexity index is 943. The summed E-state index contributed by atoms with van der Waals surface area (Å²) in [5.41, 5.74) is 2.62. The Hall–Kier alpha value is -2.54. The van der Waals surface area contributed by atoms with Crippen LogP contribution in [0.15, 0.2) is 66.0 Å². The lowest BCUT2D eigenvalue weighted by atomic mass is 9.97. The maximum Gasteiger partial charge on any atom is 0.274 e. The van der Waals surface area contributed by atoms with Gasteiger partial charge in [0, 0.05) is 24.0 Å². The van der Waals surface area contributed by atoms with Gasteiger partial charge in [0.05, 0.1) is 18.8 Å². The average molecular weight is 408 g/mol. The number of amides is 1. The van der Waals surface area contributed by atoms with Crippen molar-refractivity contribution in [1.29, 1.82) is 0 Å². The van der Waals surface area contributed by atoms with Crippen molar-refractivity contribution in [3.05, 3.63) is 77.3 Å². The van der Waals surface area contributed by atoms with Crippen LogP contribution in [0.4, 0.5) is 0 Å². The molecule has 29 heavy (non-hydrogen) atoms. The molecular formula is C23H25N3O2S. The normalized spacial score (nSPS) is 19.5. The minimum atomic E-state index is -0.137. The second-order valence-electron chi connectivity index (χ2n) is 7.43. The highest BCUT2D eigenvalue weighted by Crippen LogP contribution is 2.32. The number of aromatic nitrogens is 1. The van der Waals surface area contributed by atoms with Gasteiger partial charge in [0.15, 0.2) is 0 Å². The summed E-state index contributed by atoms with van der Waals surface area (Å²) in [6.45, 7) is 1.83. The van der Waals surface area contributed by atoms with Crippen molar-refractivity contribution in [3.63, 3.8) is 0 Å². The van der Waals surface area contributed by atoms with E-state index in [1.54, 1.807) is 0 Å². The lowest BCUT2D eigenvalue weighted by Crippen LogP contribution is -2.51. The van der Waals surface area contributed by atoms with Crippen molar-refractivity contribution in [2.24, 2.45) is 0 Å². The molecule has 0 radical (unpaired) electrons. The topological polar surface area (TPSA) is 45.7 Å². The van der Waals surface area contributed by atoms with Crippen LogP contribution in [0.1, 0.15) is 22.1 Å². The van der Waals surface area contributed by atoms with Crippen molar-refractivity contribution < 1.29 is 9.53 Å². The highest BCUT2D eigenvalue weighted by atomic mass is 32.1. The smallest absolute Gasteiger partial charge is 0.274 e. The van der Waals surface area contributed by atoms with E-state index >= 15 is 0 Å². The Kier molecular flexibility index (Phi) is 6.04. The fraction of sp³-hybridized carbons (Fsp3) is 0.304. The summed E-state index contributed by atoms with van der Waals surface area (Å²) in [4.78, 5) is 22.1. The van der Waals surface area contributed by atoms with E-state index in [2.05, 4.69) is 22.0 Å². The molecule has 1 aromatic heterocycles. The molecule has 1 aliphatic heterocycles. The predicted molar refractivity (Wildman–Crippen MR) is 116 cm³/mol. The molecular weight excluding hydrogens is 382 g/mol. The zero-order valence-electron chi connectivity index (χ0n) is 16.7. The highest BCUT2D eigenvalue weighted by Gasteiger charge is 2.37. The second-order valence-corrected chi connectivity index (χ2v) is 8.29. The van der Waals surface area contributed by atoms with Gasteiger partial charge in [-0.2, -0.15) is 0 Å². The van der Waals surface area contributed by atoms with Gasteiger partial charge >= 0.3 is 0 Å². The third-order valence-corrected chi connectivity index (χ3v) is 5.93. The Morgan fingerprint density at radius 1 is 1.14 bits per heavy atom. The Morgan fingerprint density at radius 3 is 2.52 bits per heavy atom. The summed E-state index contributed by atoms with van der Waals surface area (Å²) in [5.74, 6) is -0.0376. The van der Waals surface area contributed by atoms with E-state index < -0.39 is 0 Å². The summed E-state index contributed by atoms with van der Waals surface area (Å²) in [5, 5.41) is 2.73. The number of hydrogen-bond donors (Lipinski definition) is 0. The molecule has 150 valence electrons. The van der Waals surface area contributed by atoms with Gasteiger partial charge in [-0.1, -0.05) is 60.7 Å². The molecule has 0 N–H and O–H groups in total. The number of morpholine rings is 1. The van der Waals surface area contributed by atoms with Crippen molar-refractivity contribution in [2.45, 2.75) is 12.1 Å². The number of ether oxygens (including phenoxy) is 1. The van der Waals surface area contributed by atoms with Crippen LogP contribution in [0, 0.1) is 0 Å². The minimum absolute atomic E-state index is 0.0376. The molecule has 0 unspecified atom stereocenters. The van der Waals surface area contributed by atoms with Crippen LogP contribution in [0.5, 0.6) is 0 Å². The summed E-state index contributed by atoms with van der Waals surface area (Å²) in [6.07, 6.45) is -0.0858. The largest absolute Gasteiger partial charge is 0.373 e. The molecule has 0 saturated carbocycles. The fourth-order valence-electron chi connectivity index (χ4n) is 3.75. The summed E-state index contributed by atoms with van der Waals surface area (Å²) < 4.78 is 6.09. The van der Waals surface area contributed by atoms with E-state index in [4.69, 9.17) is 4.74 Å². The molecule has 0 bridgehead atoms. The molecule has 1 fully saturated rings. The van der Waals surface area contributed by atoms with E-state index in [1.807, 2.05) is 72.9 Å². The third-order valence-electron chi connectivity index (χ3n) is 5.04. The number of carbonyl (C=O) groups is 1. The standard InChI is InChI=1S/C23H25N3O2S/c1-25(2)15-20-21(17-9-5-3-6-10-17)26(13-14-28-20)23(27)19-16-29-22(24-19)18-11-7-4-8-12-18/h3-12,16,20-21H,13-15H2,1-2H3/t20-,21-/m0/s1. The first-order valence-corrected chi connectivity index (χ1v) is 10.6. The molecule has 5 nitrogen and oxygen atoms in total. The quantitative estimate of drug-likeness (QED) is 0.642. The van der Waals surface area contributed by atoms with E-state index in [0.717, 1.165) is 22.7 Å².